The number of nitrogens with zero attached hydrogens (tertiary/aromatic N) is 2. The van der Waals surface area contributed by atoms with E-state index in [9.17, 15) is 13.2 Å². The maximum Gasteiger partial charge on any atom is 0.264 e. The van der Waals surface area contributed by atoms with Crippen molar-refractivity contribution in [1.82, 2.24) is 5.32 Å². The predicted molar refractivity (Wildman–Crippen MR) is 151 cm³/mol. The van der Waals surface area contributed by atoms with Crippen molar-refractivity contribution < 1.29 is 13.2 Å². The van der Waals surface area contributed by atoms with Crippen LogP contribution in [0.15, 0.2) is 71.6 Å². The number of halogens is 1. The smallest absolute Gasteiger partial charge is 0.264 e. The molecule has 0 radical (unpaired) electrons. The summed E-state index contributed by atoms with van der Waals surface area (Å²) >= 11 is 6.22. The van der Waals surface area contributed by atoms with Gasteiger partial charge in [-0.05, 0) is 87.6 Å². The molecule has 1 saturated heterocycles. The highest BCUT2D eigenvalue weighted by atomic mass is 35.5. The third-order valence-corrected chi connectivity index (χ3v) is 8.84. The van der Waals surface area contributed by atoms with Crippen molar-refractivity contribution in [3.05, 3.63) is 88.4 Å². The molecule has 0 saturated carbocycles. The lowest BCUT2D eigenvalue weighted by Gasteiger charge is -2.29. The average Bonchev–Trinajstić information content (AvgIpc) is 2.89. The van der Waals surface area contributed by atoms with Gasteiger partial charge in [0.2, 0.25) is 5.91 Å². The topological polar surface area (TPSA) is 69.7 Å². The summed E-state index contributed by atoms with van der Waals surface area (Å²) in [5, 5.41) is 3.37. The molecule has 1 atom stereocenters. The van der Waals surface area contributed by atoms with Gasteiger partial charge in [-0.2, -0.15) is 0 Å². The number of carbonyl (C=O) groups is 1. The van der Waals surface area contributed by atoms with Crippen molar-refractivity contribution in [2.45, 2.75) is 51.0 Å². The lowest BCUT2D eigenvalue weighted by molar-refractivity contribution is -0.120. The maximum atomic E-state index is 13.7. The van der Waals surface area contributed by atoms with Gasteiger partial charge in [0.15, 0.2) is 0 Å². The molecule has 0 aliphatic carbocycles. The van der Waals surface area contributed by atoms with Crippen LogP contribution >= 0.6 is 11.6 Å². The van der Waals surface area contributed by atoms with Crippen LogP contribution in [0.1, 0.15) is 48.9 Å². The van der Waals surface area contributed by atoms with E-state index < -0.39 is 15.9 Å². The van der Waals surface area contributed by atoms with Gasteiger partial charge in [0.05, 0.1) is 16.6 Å². The van der Waals surface area contributed by atoms with Gasteiger partial charge < -0.3 is 10.2 Å². The van der Waals surface area contributed by atoms with Crippen molar-refractivity contribution >= 4 is 38.9 Å². The molecule has 6 nitrogen and oxygen atoms in total. The van der Waals surface area contributed by atoms with E-state index >= 15 is 0 Å². The molecule has 1 unspecified atom stereocenters. The number of sulfonamides is 1. The fourth-order valence-electron chi connectivity index (χ4n) is 4.62. The number of anilines is 2. The Morgan fingerprint density at radius 3 is 2.27 bits per heavy atom. The van der Waals surface area contributed by atoms with Gasteiger partial charge in [-0.1, -0.05) is 47.5 Å². The molecule has 1 fully saturated rings. The highest BCUT2D eigenvalue weighted by Gasteiger charge is 2.29. The number of carbonyl (C=O) groups excluding carboxylic acids is 1. The van der Waals surface area contributed by atoms with Crippen LogP contribution < -0.4 is 14.5 Å². The van der Waals surface area contributed by atoms with Crippen molar-refractivity contribution in [2.75, 3.05) is 28.8 Å². The summed E-state index contributed by atoms with van der Waals surface area (Å²) in [6.07, 6.45) is 3.70. The average molecular weight is 540 g/mol. The summed E-state index contributed by atoms with van der Waals surface area (Å²) in [4.78, 5) is 15.7. The molecule has 196 valence electrons. The van der Waals surface area contributed by atoms with Crippen LogP contribution in [0, 0.1) is 13.8 Å². The van der Waals surface area contributed by atoms with Gasteiger partial charge in [-0.15, -0.1) is 0 Å². The molecule has 1 heterocycles. The minimum absolute atomic E-state index is 0.117. The number of rotatable bonds is 8. The molecular weight excluding hydrogens is 506 g/mol. The predicted octanol–water partition coefficient (Wildman–Crippen LogP) is 6.02. The summed E-state index contributed by atoms with van der Waals surface area (Å²) < 4.78 is 28.5. The molecule has 8 heteroatoms. The zero-order valence-electron chi connectivity index (χ0n) is 21.6. The van der Waals surface area contributed by atoms with Crippen LogP contribution in [0.3, 0.4) is 0 Å². The molecule has 0 bridgehead atoms. The number of aryl methyl sites for hydroxylation is 2. The van der Waals surface area contributed by atoms with E-state index in [1.54, 1.807) is 49.4 Å². The van der Waals surface area contributed by atoms with E-state index in [1.807, 2.05) is 26.0 Å². The molecule has 1 N–H and O–H groups in total. The quantitative estimate of drug-likeness (QED) is 0.380. The van der Waals surface area contributed by atoms with E-state index in [0.717, 1.165) is 28.5 Å². The standard InChI is InChI=1S/C29H34ClN3O3S/c1-21-7-15-27(16-8-21)37(35,36)33(28-19-25(30)12-9-22(28)2)20-29(34)31-23(3)24-10-13-26(14-11-24)32-17-5-4-6-18-32/h7-16,19,23H,4-6,17-18,20H2,1-3H3,(H,31,34). The van der Waals surface area contributed by atoms with Crippen LogP contribution in [0.25, 0.3) is 0 Å². The molecule has 3 aromatic carbocycles. The van der Waals surface area contributed by atoms with Crippen molar-refractivity contribution in [1.29, 1.82) is 0 Å². The van der Waals surface area contributed by atoms with Gasteiger partial charge in [0, 0.05) is 23.8 Å². The molecule has 0 spiro atoms. The molecule has 3 aromatic rings. The number of benzene rings is 3. The fourth-order valence-corrected chi connectivity index (χ4v) is 6.26. The van der Waals surface area contributed by atoms with Crippen LogP contribution in [0.4, 0.5) is 11.4 Å². The second-order valence-corrected chi connectivity index (χ2v) is 12.0. The van der Waals surface area contributed by atoms with Gasteiger partial charge in [0.25, 0.3) is 10.0 Å². The van der Waals surface area contributed by atoms with Crippen molar-refractivity contribution in [3.8, 4) is 0 Å². The second kappa shape index (κ2) is 11.6. The van der Waals surface area contributed by atoms with E-state index in [-0.39, 0.29) is 17.5 Å². The highest BCUT2D eigenvalue weighted by molar-refractivity contribution is 7.92. The van der Waals surface area contributed by atoms with Gasteiger partial charge in [0.1, 0.15) is 6.54 Å². The minimum atomic E-state index is -4.02. The van der Waals surface area contributed by atoms with E-state index in [1.165, 1.54) is 24.9 Å². The first-order chi connectivity index (χ1) is 17.6. The Kier molecular flexibility index (Phi) is 8.45. The Labute approximate surface area is 225 Å². The normalized spacial score (nSPS) is 14.8. The van der Waals surface area contributed by atoms with E-state index in [4.69, 9.17) is 11.6 Å². The molecule has 1 amide bonds. The Morgan fingerprint density at radius 1 is 0.973 bits per heavy atom. The zero-order chi connectivity index (χ0) is 26.6. The Hall–Kier alpha value is -3.03. The fraction of sp³-hybridized carbons (Fsp3) is 0.345. The lowest BCUT2D eigenvalue weighted by atomic mass is 10.1. The van der Waals surface area contributed by atoms with Crippen LogP contribution in [0.5, 0.6) is 0 Å². The first-order valence-corrected chi connectivity index (χ1v) is 14.5. The second-order valence-electron chi connectivity index (χ2n) is 9.68. The molecular formula is C29H34ClN3O3S. The molecule has 4 rings (SSSR count). The summed E-state index contributed by atoms with van der Waals surface area (Å²) in [6.45, 7) is 7.36. The van der Waals surface area contributed by atoms with Gasteiger partial charge in [-0.25, -0.2) is 8.42 Å². The Morgan fingerprint density at radius 2 is 1.62 bits per heavy atom. The van der Waals surface area contributed by atoms with Crippen molar-refractivity contribution in [2.24, 2.45) is 0 Å². The Bertz CT molecular complexity index is 1340. The molecule has 1 aliphatic heterocycles. The number of amides is 1. The van der Waals surface area contributed by atoms with E-state index in [0.29, 0.717) is 16.3 Å². The van der Waals surface area contributed by atoms with Crippen molar-refractivity contribution in [3.63, 3.8) is 0 Å². The summed E-state index contributed by atoms with van der Waals surface area (Å²) in [7, 11) is -4.02. The SMILES string of the molecule is Cc1ccc(S(=O)(=O)N(CC(=O)NC(C)c2ccc(N3CCCCC3)cc2)c2cc(Cl)ccc2C)cc1. The molecule has 0 aromatic heterocycles. The van der Waals surface area contributed by atoms with Crippen LogP contribution in [0.2, 0.25) is 5.02 Å². The monoisotopic (exact) mass is 539 g/mol. The molecule has 37 heavy (non-hydrogen) atoms. The number of hydrogen-bond donors (Lipinski definition) is 1. The first kappa shape index (κ1) is 27.0. The maximum absolute atomic E-state index is 13.7. The number of hydrogen-bond acceptors (Lipinski definition) is 4. The van der Waals surface area contributed by atoms with Gasteiger partial charge >= 0.3 is 0 Å². The van der Waals surface area contributed by atoms with Gasteiger partial charge in [-0.3, -0.25) is 9.10 Å². The molecule has 1 aliphatic rings. The summed E-state index contributed by atoms with van der Waals surface area (Å²) in [6, 6.07) is 19.6. The number of nitrogens with one attached hydrogen (secondary N) is 1. The summed E-state index contributed by atoms with van der Waals surface area (Å²) in [5.41, 5.74) is 4.17. The Balaban J connectivity index is 1.54. The zero-order valence-corrected chi connectivity index (χ0v) is 23.1. The minimum Gasteiger partial charge on any atom is -0.372 e. The van der Waals surface area contributed by atoms with E-state index in [2.05, 4.69) is 22.3 Å². The lowest BCUT2D eigenvalue weighted by Crippen LogP contribution is -2.42. The number of piperidine rings is 1. The third kappa shape index (κ3) is 6.46. The highest BCUT2D eigenvalue weighted by Crippen LogP contribution is 2.30. The first-order valence-electron chi connectivity index (χ1n) is 12.6. The largest absolute Gasteiger partial charge is 0.372 e. The van der Waals surface area contributed by atoms with Crippen LogP contribution in [-0.4, -0.2) is 34.0 Å². The summed E-state index contributed by atoms with van der Waals surface area (Å²) in [5.74, 6) is -0.400. The van der Waals surface area contributed by atoms with Crippen LogP contribution in [-0.2, 0) is 14.8 Å². The third-order valence-electron chi connectivity index (χ3n) is 6.83.